The number of nitrogens with zero attached hydrogens (tertiary/aromatic N) is 1. The van der Waals surface area contributed by atoms with Crippen LogP contribution in [0.1, 0.15) is 0 Å². The molecule has 1 heterocycles. The van der Waals surface area contributed by atoms with Crippen molar-refractivity contribution < 1.29 is 4.74 Å². The normalized spacial score (nSPS) is 25.8. The fraction of sp³-hybridized carbons (Fsp3) is 0.667. The Bertz CT molecular complexity index is 33.9. The minimum absolute atomic E-state index is 0.708. The Morgan fingerprint density at radius 2 is 2.00 bits per heavy atom. The SMILES string of the molecule is [CH2-]N1COC1. The van der Waals surface area contributed by atoms with Crippen molar-refractivity contribution in [1.82, 2.24) is 4.90 Å². The topological polar surface area (TPSA) is 12.5 Å². The third-order valence-corrected chi connectivity index (χ3v) is 0.548. The summed E-state index contributed by atoms with van der Waals surface area (Å²) < 4.78 is 4.70. The fourth-order valence-corrected chi connectivity index (χ4v) is 0.220. The molecule has 0 aromatic heterocycles. The van der Waals surface area contributed by atoms with Gasteiger partial charge >= 0.3 is 0 Å². The largest absolute Gasteiger partial charge is 0.416 e. The Kier molecular flexibility index (Phi) is 0.596. The minimum Gasteiger partial charge on any atom is -0.416 e. The molecule has 2 heteroatoms. The summed E-state index contributed by atoms with van der Waals surface area (Å²) in [6.07, 6.45) is 0. The van der Waals surface area contributed by atoms with Crippen molar-refractivity contribution in [1.29, 1.82) is 0 Å². The Morgan fingerprint density at radius 3 is 2.00 bits per heavy atom. The molecule has 1 rings (SSSR count). The monoisotopic (exact) mass is 72.0 g/mol. The molecule has 0 amide bonds. The van der Waals surface area contributed by atoms with Gasteiger partial charge in [-0.3, -0.25) is 7.05 Å². The van der Waals surface area contributed by atoms with Gasteiger partial charge in [-0.1, -0.05) is 0 Å². The van der Waals surface area contributed by atoms with Crippen LogP contribution in [-0.2, 0) is 4.74 Å². The second kappa shape index (κ2) is 0.954. The van der Waals surface area contributed by atoms with Crippen LogP contribution in [0, 0.1) is 7.05 Å². The van der Waals surface area contributed by atoms with E-state index in [0.717, 1.165) is 0 Å². The highest BCUT2D eigenvalue weighted by Crippen LogP contribution is 1.95. The number of hydrogen-bond acceptors (Lipinski definition) is 2. The second-order valence-electron chi connectivity index (χ2n) is 1.13. The summed E-state index contributed by atoms with van der Waals surface area (Å²) in [6.45, 7) is 1.42. The number of ether oxygens (including phenoxy) is 1. The molecule has 1 fully saturated rings. The number of hydrogen-bond donors (Lipinski definition) is 0. The molecule has 0 radical (unpaired) electrons. The van der Waals surface area contributed by atoms with Gasteiger partial charge in [0.2, 0.25) is 0 Å². The van der Waals surface area contributed by atoms with Crippen molar-refractivity contribution in [3.05, 3.63) is 7.05 Å². The lowest BCUT2D eigenvalue weighted by atomic mass is 10.8. The Hall–Kier alpha value is -0.0800. The van der Waals surface area contributed by atoms with E-state index >= 15 is 0 Å². The highest BCUT2D eigenvalue weighted by Gasteiger charge is 1.97. The van der Waals surface area contributed by atoms with Gasteiger partial charge in [0.25, 0.3) is 0 Å². The Morgan fingerprint density at radius 1 is 1.60 bits per heavy atom. The predicted molar refractivity (Wildman–Crippen MR) is 18.0 cm³/mol. The maximum Gasteiger partial charge on any atom is 0.0752 e. The minimum atomic E-state index is 0.708. The third kappa shape index (κ3) is 0.412. The van der Waals surface area contributed by atoms with Crippen molar-refractivity contribution >= 4 is 0 Å². The molecule has 1 aliphatic heterocycles. The summed E-state index contributed by atoms with van der Waals surface area (Å²) in [6, 6.07) is 0. The molecule has 1 aliphatic rings. The number of rotatable bonds is 0. The van der Waals surface area contributed by atoms with Crippen LogP contribution in [0.3, 0.4) is 0 Å². The first-order chi connectivity index (χ1) is 2.39. The molecule has 0 spiro atoms. The summed E-state index contributed by atoms with van der Waals surface area (Å²) in [5, 5.41) is 0. The van der Waals surface area contributed by atoms with Crippen molar-refractivity contribution in [2.75, 3.05) is 13.5 Å². The molecular formula is C3H6NO-. The first-order valence-electron chi connectivity index (χ1n) is 1.53. The van der Waals surface area contributed by atoms with Crippen molar-refractivity contribution in [3.8, 4) is 0 Å². The van der Waals surface area contributed by atoms with E-state index in [-0.39, 0.29) is 0 Å². The molecule has 5 heavy (non-hydrogen) atoms. The lowest BCUT2D eigenvalue weighted by molar-refractivity contribution is -0.116. The van der Waals surface area contributed by atoms with Gasteiger partial charge in [0.1, 0.15) is 0 Å². The van der Waals surface area contributed by atoms with E-state index in [9.17, 15) is 0 Å². The zero-order chi connectivity index (χ0) is 3.70. The average Bonchev–Trinajstić information content (AvgIpc) is 1.30. The highest BCUT2D eigenvalue weighted by molar-refractivity contribution is 4.46. The maximum atomic E-state index is 4.70. The van der Waals surface area contributed by atoms with Crippen molar-refractivity contribution in [2.45, 2.75) is 0 Å². The van der Waals surface area contributed by atoms with Gasteiger partial charge in [-0.15, -0.1) is 0 Å². The molecule has 0 aromatic rings. The molecule has 0 atom stereocenters. The van der Waals surface area contributed by atoms with E-state index in [1.165, 1.54) is 0 Å². The van der Waals surface area contributed by atoms with Gasteiger partial charge in [0.15, 0.2) is 0 Å². The van der Waals surface area contributed by atoms with Crippen LogP contribution in [0.2, 0.25) is 0 Å². The van der Waals surface area contributed by atoms with Gasteiger partial charge in [-0.25, -0.2) is 0 Å². The molecule has 0 aliphatic carbocycles. The molecule has 1 saturated heterocycles. The molecule has 0 saturated carbocycles. The van der Waals surface area contributed by atoms with Gasteiger partial charge in [-0.05, 0) is 0 Å². The van der Waals surface area contributed by atoms with Gasteiger partial charge < -0.3 is 9.64 Å². The molecule has 2 nitrogen and oxygen atoms in total. The quantitative estimate of drug-likeness (QED) is 0.374. The molecular weight excluding hydrogens is 66.0 g/mol. The van der Waals surface area contributed by atoms with Crippen LogP contribution < -0.4 is 0 Å². The highest BCUT2D eigenvalue weighted by atomic mass is 16.5. The molecule has 0 bridgehead atoms. The van der Waals surface area contributed by atoms with E-state index in [1.807, 2.05) is 4.90 Å². The fourth-order valence-electron chi connectivity index (χ4n) is 0.220. The maximum absolute atomic E-state index is 4.70. The third-order valence-electron chi connectivity index (χ3n) is 0.548. The summed E-state index contributed by atoms with van der Waals surface area (Å²) in [4.78, 5) is 1.83. The van der Waals surface area contributed by atoms with Crippen LogP contribution in [-0.4, -0.2) is 18.4 Å². The van der Waals surface area contributed by atoms with Crippen LogP contribution in [0.4, 0.5) is 0 Å². The summed E-state index contributed by atoms with van der Waals surface area (Å²) in [5.74, 6) is 0. The van der Waals surface area contributed by atoms with Gasteiger partial charge in [0, 0.05) is 0 Å². The summed E-state index contributed by atoms with van der Waals surface area (Å²) in [7, 11) is 3.55. The van der Waals surface area contributed by atoms with Crippen molar-refractivity contribution in [2.24, 2.45) is 0 Å². The van der Waals surface area contributed by atoms with E-state index in [0.29, 0.717) is 13.5 Å². The Balaban J connectivity index is 2.08. The van der Waals surface area contributed by atoms with E-state index in [4.69, 9.17) is 4.74 Å². The Labute approximate surface area is 31.3 Å². The first-order valence-corrected chi connectivity index (χ1v) is 1.53. The molecule has 0 unspecified atom stereocenters. The van der Waals surface area contributed by atoms with E-state index in [2.05, 4.69) is 7.05 Å². The van der Waals surface area contributed by atoms with Gasteiger partial charge in [-0.2, -0.15) is 0 Å². The van der Waals surface area contributed by atoms with Crippen LogP contribution in [0.25, 0.3) is 0 Å². The van der Waals surface area contributed by atoms with Crippen molar-refractivity contribution in [3.63, 3.8) is 0 Å². The predicted octanol–water partition coefficient (Wildman–Crippen LogP) is 0.0252. The zero-order valence-electron chi connectivity index (χ0n) is 2.98. The standard InChI is InChI=1S/C3H6NO/c1-4-2-5-3-4/h1-3H2/q-1. The smallest absolute Gasteiger partial charge is 0.0752 e. The molecule has 30 valence electrons. The molecule has 0 aromatic carbocycles. The first kappa shape index (κ1) is 3.12. The average molecular weight is 72.1 g/mol. The van der Waals surface area contributed by atoms with Gasteiger partial charge in [0.05, 0.1) is 13.5 Å². The lowest BCUT2D eigenvalue weighted by Crippen LogP contribution is -2.33. The van der Waals surface area contributed by atoms with Crippen LogP contribution >= 0.6 is 0 Å². The van der Waals surface area contributed by atoms with E-state index < -0.39 is 0 Å². The second-order valence-corrected chi connectivity index (χ2v) is 1.13. The van der Waals surface area contributed by atoms with Crippen LogP contribution in [0.15, 0.2) is 0 Å². The summed E-state index contributed by atoms with van der Waals surface area (Å²) >= 11 is 0. The zero-order valence-corrected chi connectivity index (χ0v) is 2.98. The molecule has 0 N–H and O–H groups in total. The van der Waals surface area contributed by atoms with E-state index in [1.54, 1.807) is 0 Å². The lowest BCUT2D eigenvalue weighted by Gasteiger charge is -2.33. The van der Waals surface area contributed by atoms with Crippen LogP contribution in [0.5, 0.6) is 0 Å². The summed E-state index contributed by atoms with van der Waals surface area (Å²) in [5.41, 5.74) is 0.